The van der Waals surface area contributed by atoms with Crippen LogP contribution in [0.3, 0.4) is 0 Å². The predicted octanol–water partition coefficient (Wildman–Crippen LogP) is 6.63. The lowest BCUT2D eigenvalue weighted by Crippen LogP contribution is -2.53. The van der Waals surface area contributed by atoms with E-state index in [-0.39, 0.29) is 29.5 Å². The Morgan fingerprint density at radius 1 is 0.872 bits per heavy atom. The van der Waals surface area contributed by atoms with Crippen molar-refractivity contribution in [2.75, 3.05) is 24.0 Å². The number of anilines is 1. The molecule has 11 heteroatoms. The average molecular weight is 680 g/mol. The lowest BCUT2D eigenvalue weighted by molar-refractivity contribution is -0.140. The Hall–Kier alpha value is -4.41. The van der Waals surface area contributed by atoms with Crippen molar-refractivity contribution in [1.82, 2.24) is 10.2 Å². The summed E-state index contributed by atoms with van der Waals surface area (Å²) in [5.74, 6) is -0.894. The van der Waals surface area contributed by atoms with Gasteiger partial charge in [-0.1, -0.05) is 67.4 Å². The molecular formula is C36H39ClFN3O5S. The number of ether oxygens (including phenoxy) is 1. The molecule has 0 aromatic heterocycles. The van der Waals surface area contributed by atoms with Crippen molar-refractivity contribution in [3.63, 3.8) is 0 Å². The van der Waals surface area contributed by atoms with Crippen molar-refractivity contribution >= 4 is 39.1 Å². The minimum Gasteiger partial charge on any atom is -0.494 e. The van der Waals surface area contributed by atoms with Gasteiger partial charge in [0.1, 0.15) is 24.2 Å². The van der Waals surface area contributed by atoms with Crippen molar-refractivity contribution < 1.29 is 27.1 Å². The van der Waals surface area contributed by atoms with Gasteiger partial charge in [-0.25, -0.2) is 12.8 Å². The maximum atomic E-state index is 14.5. The van der Waals surface area contributed by atoms with Crippen LogP contribution in [0.2, 0.25) is 5.02 Å². The highest BCUT2D eigenvalue weighted by molar-refractivity contribution is 7.92. The van der Waals surface area contributed by atoms with E-state index in [0.29, 0.717) is 29.5 Å². The van der Waals surface area contributed by atoms with Crippen LogP contribution in [0, 0.1) is 5.82 Å². The number of halogens is 2. The summed E-state index contributed by atoms with van der Waals surface area (Å²) in [6.45, 7) is 4.01. The molecule has 2 amide bonds. The van der Waals surface area contributed by atoms with Gasteiger partial charge in [0.15, 0.2) is 0 Å². The molecule has 248 valence electrons. The first-order valence-electron chi connectivity index (χ1n) is 15.5. The Kier molecular flexibility index (Phi) is 12.8. The lowest BCUT2D eigenvalue weighted by Gasteiger charge is -2.34. The molecule has 4 rings (SSSR count). The second kappa shape index (κ2) is 16.9. The molecule has 4 aromatic rings. The van der Waals surface area contributed by atoms with Crippen LogP contribution in [0.4, 0.5) is 10.1 Å². The van der Waals surface area contributed by atoms with Gasteiger partial charge in [-0.2, -0.15) is 0 Å². The minimum absolute atomic E-state index is 0.0596. The van der Waals surface area contributed by atoms with Crippen LogP contribution < -0.4 is 14.4 Å². The van der Waals surface area contributed by atoms with E-state index in [2.05, 4.69) is 5.32 Å². The average Bonchev–Trinajstić information content (AvgIpc) is 3.07. The van der Waals surface area contributed by atoms with Gasteiger partial charge in [-0.15, -0.1) is 0 Å². The molecule has 0 bridgehead atoms. The second-order valence-electron chi connectivity index (χ2n) is 10.9. The Morgan fingerprint density at radius 2 is 1.53 bits per heavy atom. The van der Waals surface area contributed by atoms with Crippen molar-refractivity contribution in [2.45, 2.75) is 50.6 Å². The van der Waals surface area contributed by atoms with Crippen LogP contribution in [0.1, 0.15) is 37.8 Å². The highest BCUT2D eigenvalue weighted by atomic mass is 35.5. The van der Waals surface area contributed by atoms with Crippen molar-refractivity contribution in [3.8, 4) is 5.75 Å². The summed E-state index contributed by atoms with van der Waals surface area (Å²) in [6, 6.07) is 26.0. The van der Waals surface area contributed by atoms with E-state index in [1.807, 2.05) is 44.2 Å². The van der Waals surface area contributed by atoms with E-state index >= 15 is 0 Å². The Morgan fingerprint density at radius 3 is 2.15 bits per heavy atom. The third kappa shape index (κ3) is 9.79. The van der Waals surface area contributed by atoms with Crippen LogP contribution in [-0.4, -0.2) is 50.9 Å². The first-order valence-corrected chi connectivity index (χ1v) is 17.3. The van der Waals surface area contributed by atoms with Gasteiger partial charge < -0.3 is 15.0 Å². The number of unbranched alkanes of at least 4 members (excludes halogenated alkanes) is 1. The number of carbonyl (C=O) groups is 2. The van der Waals surface area contributed by atoms with Gasteiger partial charge in [-0.3, -0.25) is 13.9 Å². The number of nitrogens with zero attached hydrogens (tertiary/aromatic N) is 2. The minimum atomic E-state index is -4.29. The monoisotopic (exact) mass is 679 g/mol. The van der Waals surface area contributed by atoms with E-state index in [1.54, 1.807) is 36.4 Å². The molecule has 0 aliphatic rings. The van der Waals surface area contributed by atoms with Gasteiger partial charge in [0.05, 0.1) is 17.2 Å². The molecule has 0 unspecified atom stereocenters. The van der Waals surface area contributed by atoms with Crippen LogP contribution in [0.25, 0.3) is 0 Å². The van der Waals surface area contributed by atoms with Crippen LogP contribution >= 0.6 is 11.6 Å². The molecule has 0 aliphatic heterocycles. The third-order valence-electron chi connectivity index (χ3n) is 7.48. The molecule has 0 heterocycles. The largest absolute Gasteiger partial charge is 0.494 e. The number of nitrogens with one attached hydrogen (secondary N) is 1. The van der Waals surface area contributed by atoms with Crippen molar-refractivity contribution in [1.29, 1.82) is 0 Å². The lowest BCUT2D eigenvalue weighted by atomic mass is 10.0. The smallest absolute Gasteiger partial charge is 0.264 e. The van der Waals surface area contributed by atoms with Crippen molar-refractivity contribution in [3.05, 3.63) is 125 Å². The summed E-state index contributed by atoms with van der Waals surface area (Å²) in [7, 11) is -4.29. The number of amides is 2. The zero-order valence-corrected chi connectivity index (χ0v) is 28.0. The molecule has 0 fully saturated rings. The zero-order chi connectivity index (χ0) is 33.8. The normalized spacial score (nSPS) is 11.8. The number of sulfonamides is 1. The number of benzene rings is 4. The number of carbonyl (C=O) groups excluding carboxylic acids is 2. The van der Waals surface area contributed by atoms with Gasteiger partial charge in [0, 0.05) is 24.5 Å². The second-order valence-corrected chi connectivity index (χ2v) is 13.2. The van der Waals surface area contributed by atoms with Gasteiger partial charge >= 0.3 is 0 Å². The Bertz CT molecular complexity index is 1700. The van der Waals surface area contributed by atoms with E-state index < -0.39 is 34.3 Å². The third-order valence-corrected chi connectivity index (χ3v) is 9.52. The van der Waals surface area contributed by atoms with Gasteiger partial charge in [0.2, 0.25) is 11.8 Å². The SMILES string of the molecule is CCCCNC(=O)[C@@H](Cc1ccccc1)N(Cc1ccc(F)cc1)C(=O)CN(c1ccc(OCC)cc1)S(=O)(=O)c1ccc(Cl)cc1. The molecule has 0 saturated carbocycles. The first kappa shape index (κ1) is 35.4. The molecule has 0 aliphatic carbocycles. The molecule has 8 nitrogen and oxygen atoms in total. The predicted molar refractivity (Wildman–Crippen MR) is 182 cm³/mol. The Balaban J connectivity index is 1.78. The number of rotatable bonds is 16. The summed E-state index contributed by atoms with van der Waals surface area (Å²) < 4.78 is 48.7. The van der Waals surface area contributed by atoms with E-state index in [0.717, 1.165) is 22.7 Å². The fraction of sp³-hybridized carbons (Fsp3) is 0.278. The number of hydrogen-bond donors (Lipinski definition) is 1. The molecular weight excluding hydrogens is 641 g/mol. The zero-order valence-electron chi connectivity index (χ0n) is 26.4. The summed E-state index contributed by atoms with van der Waals surface area (Å²) in [5, 5.41) is 3.31. The van der Waals surface area contributed by atoms with E-state index in [1.165, 1.54) is 41.3 Å². The van der Waals surface area contributed by atoms with E-state index in [9.17, 15) is 22.4 Å². The van der Waals surface area contributed by atoms with Crippen LogP contribution in [-0.2, 0) is 32.6 Å². The Labute approximate surface area is 281 Å². The van der Waals surface area contributed by atoms with Crippen LogP contribution in [0.5, 0.6) is 5.75 Å². The molecule has 0 spiro atoms. The number of hydrogen-bond acceptors (Lipinski definition) is 5. The van der Waals surface area contributed by atoms with Gasteiger partial charge in [-0.05, 0) is 85.1 Å². The molecule has 4 aromatic carbocycles. The summed E-state index contributed by atoms with van der Waals surface area (Å²) >= 11 is 6.05. The molecule has 0 saturated heterocycles. The standard InChI is InChI=1S/C36H39ClFN3O5S/c1-3-5-23-39-36(43)34(24-27-9-7-6-8-10-27)40(25-28-11-15-30(38)16-12-28)35(42)26-41(31-17-19-32(20-18-31)46-4-2)47(44,45)33-21-13-29(37)14-22-33/h6-22,34H,3-5,23-26H2,1-2H3,(H,39,43)/t34-/m1/s1. The summed E-state index contributed by atoms with van der Waals surface area (Å²) in [5.41, 5.74) is 1.62. The summed E-state index contributed by atoms with van der Waals surface area (Å²) in [4.78, 5) is 29.6. The van der Waals surface area contributed by atoms with Crippen molar-refractivity contribution in [2.24, 2.45) is 0 Å². The highest BCUT2D eigenvalue weighted by Crippen LogP contribution is 2.28. The summed E-state index contributed by atoms with van der Waals surface area (Å²) in [6.07, 6.45) is 1.79. The molecule has 0 radical (unpaired) electrons. The fourth-order valence-corrected chi connectivity index (χ4v) is 6.52. The first-order chi connectivity index (χ1) is 22.6. The maximum absolute atomic E-state index is 14.5. The fourth-order valence-electron chi connectivity index (χ4n) is 4.98. The highest BCUT2D eigenvalue weighted by Gasteiger charge is 2.34. The maximum Gasteiger partial charge on any atom is 0.264 e. The molecule has 1 atom stereocenters. The molecule has 1 N–H and O–H groups in total. The van der Waals surface area contributed by atoms with Gasteiger partial charge in [0.25, 0.3) is 10.0 Å². The van der Waals surface area contributed by atoms with E-state index in [4.69, 9.17) is 16.3 Å². The quantitative estimate of drug-likeness (QED) is 0.134. The van der Waals surface area contributed by atoms with Crippen LogP contribution in [0.15, 0.2) is 108 Å². The topological polar surface area (TPSA) is 96.0 Å². The molecule has 47 heavy (non-hydrogen) atoms.